The van der Waals surface area contributed by atoms with E-state index in [0.717, 1.165) is 5.69 Å². The molecule has 0 saturated heterocycles. The Balaban J connectivity index is 2.79. The van der Waals surface area contributed by atoms with E-state index >= 15 is 0 Å². The average molecular weight is 197 g/mol. The van der Waals surface area contributed by atoms with Crippen molar-refractivity contribution in [2.24, 2.45) is 0 Å². The zero-order chi connectivity index (χ0) is 9.68. The van der Waals surface area contributed by atoms with E-state index in [2.05, 4.69) is 5.32 Å². The Morgan fingerprint density at radius 3 is 2.85 bits per heavy atom. The van der Waals surface area contributed by atoms with Crippen molar-refractivity contribution in [3.05, 3.63) is 28.8 Å². The van der Waals surface area contributed by atoms with Crippen molar-refractivity contribution in [1.82, 2.24) is 0 Å². The molecule has 0 atom stereocenters. The monoisotopic (exact) mass is 196 g/mol. The summed E-state index contributed by atoms with van der Waals surface area (Å²) in [7, 11) is 0. The molecule has 1 aromatic carbocycles. The second-order valence-corrected chi connectivity index (χ2v) is 2.86. The predicted molar refractivity (Wildman–Crippen MR) is 51.7 cm³/mol. The van der Waals surface area contributed by atoms with Crippen molar-refractivity contribution >= 4 is 17.3 Å². The molecule has 4 heteroatoms. The van der Waals surface area contributed by atoms with Crippen molar-refractivity contribution < 1.29 is 5.11 Å². The van der Waals surface area contributed by atoms with E-state index in [1.54, 1.807) is 18.2 Å². The van der Waals surface area contributed by atoms with E-state index in [4.69, 9.17) is 22.0 Å². The quantitative estimate of drug-likeness (QED) is 0.773. The minimum Gasteiger partial charge on any atom is -0.395 e. The lowest BCUT2D eigenvalue weighted by molar-refractivity contribution is 0.311. The number of hydrogen-bond donors (Lipinski definition) is 2. The first kappa shape index (κ1) is 9.85. The van der Waals surface area contributed by atoms with Gasteiger partial charge in [-0.1, -0.05) is 11.6 Å². The topological polar surface area (TPSA) is 56.0 Å². The van der Waals surface area contributed by atoms with Crippen LogP contribution in [0.3, 0.4) is 0 Å². The second-order valence-electron chi connectivity index (χ2n) is 2.46. The van der Waals surface area contributed by atoms with Gasteiger partial charge in [0.1, 0.15) is 6.07 Å². The summed E-state index contributed by atoms with van der Waals surface area (Å²) >= 11 is 5.78. The lowest BCUT2D eigenvalue weighted by atomic mass is 10.2. The van der Waals surface area contributed by atoms with E-state index in [0.29, 0.717) is 17.1 Å². The van der Waals surface area contributed by atoms with Crippen LogP contribution in [0.15, 0.2) is 18.2 Å². The molecule has 0 aromatic heterocycles. The van der Waals surface area contributed by atoms with Gasteiger partial charge in [-0.3, -0.25) is 0 Å². The maximum Gasteiger partial charge on any atom is 0.101 e. The lowest BCUT2D eigenvalue weighted by Crippen LogP contribution is -2.05. The van der Waals surface area contributed by atoms with Gasteiger partial charge in [0.25, 0.3) is 0 Å². The molecule has 1 aromatic rings. The number of nitrogens with one attached hydrogen (secondary N) is 1. The average Bonchev–Trinajstić information content (AvgIpc) is 2.15. The zero-order valence-corrected chi connectivity index (χ0v) is 7.67. The molecule has 2 N–H and O–H groups in total. The van der Waals surface area contributed by atoms with E-state index in [1.807, 2.05) is 6.07 Å². The highest BCUT2D eigenvalue weighted by atomic mass is 35.5. The Morgan fingerprint density at radius 2 is 2.31 bits per heavy atom. The maximum absolute atomic E-state index is 8.59. The number of rotatable bonds is 3. The molecule has 0 spiro atoms. The first-order valence-corrected chi connectivity index (χ1v) is 4.20. The van der Waals surface area contributed by atoms with Gasteiger partial charge in [0, 0.05) is 12.2 Å². The van der Waals surface area contributed by atoms with Crippen LogP contribution in [-0.4, -0.2) is 18.3 Å². The van der Waals surface area contributed by atoms with Crippen molar-refractivity contribution in [2.75, 3.05) is 18.5 Å². The highest BCUT2D eigenvalue weighted by molar-refractivity contribution is 6.32. The fraction of sp³-hybridized carbons (Fsp3) is 0.222. The van der Waals surface area contributed by atoms with Gasteiger partial charge in [0.2, 0.25) is 0 Å². The summed E-state index contributed by atoms with van der Waals surface area (Å²) in [5.41, 5.74) is 1.26. The van der Waals surface area contributed by atoms with Crippen molar-refractivity contribution in [1.29, 1.82) is 5.26 Å². The molecule has 13 heavy (non-hydrogen) atoms. The molecule has 0 heterocycles. The molecule has 0 amide bonds. The van der Waals surface area contributed by atoms with Crippen molar-refractivity contribution in [3.8, 4) is 6.07 Å². The van der Waals surface area contributed by atoms with Crippen LogP contribution < -0.4 is 5.32 Å². The predicted octanol–water partition coefficient (Wildman–Crippen LogP) is 1.62. The van der Waals surface area contributed by atoms with Gasteiger partial charge >= 0.3 is 0 Å². The molecule has 0 aliphatic heterocycles. The Morgan fingerprint density at radius 1 is 1.54 bits per heavy atom. The molecule has 0 radical (unpaired) electrons. The third kappa shape index (κ3) is 2.62. The minimum absolute atomic E-state index is 0.0671. The van der Waals surface area contributed by atoms with E-state index in [9.17, 15) is 0 Å². The van der Waals surface area contributed by atoms with Crippen LogP contribution >= 0.6 is 11.6 Å². The standard InChI is InChI=1S/C9H9ClN2O/c10-9-5-8(12-3-4-13)2-1-7(9)6-11/h1-2,5,12-13H,3-4H2. The van der Waals surface area contributed by atoms with Gasteiger partial charge < -0.3 is 10.4 Å². The van der Waals surface area contributed by atoms with Gasteiger partial charge in [0.15, 0.2) is 0 Å². The molecular formula is C9H9ClN2O. The third-order valence-corrected chi connectivity index (χ3v) is 1.84. The van der Waals surface area contributed by atoms with Crippen LogP contribution in [-0.2, 0) is 0 Å². The summed E-state index contributed by atoms with van der Waals surface area (Å²) in [5.74, 6) is 0. The number of anilines is 1. The van der Waals surface area contributed by atoms with Gasteiger partial charge in [0.05, 0.1) is 17.2 Å². The SMILES string of the molecule is N#Cc1ccc(NCCO)cc1Cl. The Bertz CT molecular complexity index is 333. The summed E-state index contributed by atoms with van der Waals surface area (Å²) in [6.45, 7) is 0.542. The van der Waals surface area contributed by atoms with Crippen LogP contribution in [0.2, 0.25) is 5.02 Å². The molecule has 0 bridgehead atoms. The van der Waals surface area contributed by atoms with Crippen LogP contribution in [0.25, 0.3) is 0 Å². The fourth-order valence-corrected chi connectivity index (χ4v) is 1.14. The number of nitriles is 1. The van der Waals surface area contributed by atoms with Crippen molar-refractivity contribution in [3.63, 3.8) is 0 Å². The molecule has 0 aliphatic rings. The molecule has 68 valence electrons. The van der Waals surface area contributed by atoms with E-state index in [-0.39, 0.29) is 6.61 Å². The van der Waals surface area contributed by atoms with Gasteiger partial charge in [-0.25, -0.2) is 0 Å². The first-order valence-electron chi connectivity index (χ1n) is 3.82. The normalized spacial score (nSPS) is 9.31. The van der Waals surface area contributed by atoms with Gasteiger partial charge in [-0.15, -0.1) is 0 Å². The molecule has 0 aliphatic carbocycles. The highest BCUT2D eigenvalue weighted by Crippen LogP contribution is 2.19. The fourth-order valence-electron chi connectivity index (χ4n) is 0.916. The van der Waals surface area contributed by atoms with Gasteiger partial charge in [-0.2, -0.15) is 5.26 Å². The molecule has 0 unspecified atom stereocenters. The summed E-state index contributed by atoms with van der Waals surface area (Å²) in [4.78, 5) is 0. The summed E-state index contributed by atoms with van der Waals surface area (Å²) < 4.78 is 0. The molecule has 0 fully saturated rings. The lowest BCUT2D eigenvalue weighted by Gasteiger charge is -2.04. The van der Waals surface area contributed by atoms with Crippen LogP contribution in [0.5, 0.6) is 0 Å². The summed E-state index contributed by atoms with van der Waals surface area (Å²) in [6, 6.07) is 7.02. The van der Waals surface area contributed by atoms with E-state index in [1.165, 1.54) is 0 Å². The van der Waals surface area contributed by atoms with Crippen LogP contribution in [0.4, 0.5) is 5.69 Å². The summed E-state index contributed by atoms with van der Waals surface area (Å²) in [5, 5.41) is 20.5. The number of benzene rings is 1. The Labute approximate surface area is 81.6 Å². The maximum atomic E-state index is 8.59. The highest BCUT2D eigenvalue weighted by Gasteiger charge is 1.99. The molecule has 1 rings (SSSR count). The minimum atomic E-state index is 0.0671. The Kier molecular flexibility index (Phi) is 3.56. The first-order chi connectivity index (χ1) is 6.27. The second kappa shape index (κ2) is 4.70. The number of hydrogen-bond acceptors (Lipinski definition) is 3. The van der Waals surface area contributed by atoms with E-state index < -0.39 is 0 Å². The molecule has 3 nitrogen and oxygen atoms in total. The van der Waals surface area contributed by atoms with Crippen LogP contribution in [0, 0.1) is 11.3 Å². The number of halogens is 1. The number of aliphatic hydroxyl groups excluding tert-OH is 1. The zero-order valence-electron chi connectivity index (χ0n) is 6.92. The number of nitrogens with zero attached hydrogens (tertiary/aromatic N) is 1. The molecular weight excluding hydrogens is 188 g/mol. The largest absolute Gasteiger partial charge is 0.395 e. The summed E-state index contributed by atoms with van der Waals surface area (Å²) in [6.07, 6.45) is 0. The Hall–Kier alpha value is -1.24. The number of aliphatic hydroxyl groups is 1. The molecule has 0 saturated carbocycles. The van der Waals surface area contributed by atoms with Crippen molar-refractivity contribution in [2.45, 2.75) is 0 Å². The van der Waals surface area contributed by atoms with Crippen LogP contribution in [0.1, 0.15) is 5.56 Å². The smallest absolute Gasteiger partial charge is 0.101 e. The van der Waals surface area contributed by atoms with Gasteiger partial charge in [-0.05, 0) is 18.2 Å². The third-order valence-electron chi connectivity index (χ3n) is 1.53.